The second-order valence-electron chi connectivity index (χ2n) is 3.13. The lowest BCUT2D eigenvalue weighted by Gasteiger charge is -2.20. The number of thioether (sulfide) groups is 1. The molecule has 1 aromatic rings. The van der Waals surface area contributed by atoms with Crippen molar-refractivity contribution in [2.24, 2.45) is 0 Å². The fourth-order valence-electron chi connectivity index (χ4n) is 0.954. The second-order valence-corrected chi connectivity index (χ2v) is 5.10. The number of carboxylic acid groups (broad SMARTS) is 1. The van der Waals surface area contributed by atoms with E-state index in [1.807, 2.05) is 12.1 Å². The molecule has 0 radical (unpaired) electrons. The number of hydrogen-bond donors (Lipinski definition) is 1. The van der Waals surface area contributed by atoms with Crippen LogP contribution in [0.5, 0.6) is 0 Å². The number of aromatic nitrogens is 1. The van der Waals surface area contributed by atoms with Crippen LogP contribution in [0.1, 0.15) is 6.92 Å². The Morgan fingerprint density at radius 1 is 1.56 bits per heavy atom. The minimum atomic E-state index is -0.865. The number of anilines is 1. The van der Waals surface area contributed by atoms with E-state index in [4.69, 9.17) is 17.3 Å². The van der Waals surface area contributed by atoms with Crippen molar-refractivity contribution in [3.05, 3.63) is 24.5 Å². The van der Waals surface area contributed by atoms with Crippen LogP contribution in [0, 0.1) is 0 Å². The van der Waals surface area contributed by atoms with Crippen molar-refractivity contribution in [1.82, 2.24) is 4.98 Å². The van der Waals surface area contributed by atoms with Gasteiger partial charge in [0.15, 0.2) is 0 Å². The Bertz CT molecular complexity index is 384. The summed E-state index contributed by atoms with van der Waals surface area (Å²) in [6.45, 7) is 1.61. The molecule has 0 amide bonds. The standard InChI is InChI=1S/C10H12N2O2S2/c1-7(9(13)14)16-10(15)12(2)8-3-5-11-6-4-8/h3-7H,1-2H3,(H,13,14). The third-order valence-electron chi connectivity index (χ3n) is 1.95. The molecule has 1 aromatic heterocycles. The van der Waals surface area contributed by atoms with Crippen LogP contribution >= 0.6 is 24.0 Å². The van der Waals surface area contributed by atoms with E-state index in [0.29, 0.717) is 4.32 Å². The highest BCUT2D eigenvalue weighted by molar-refractivity contribution is 8.24. The highest BCUT2D eigenvalue weighted by Gasteiger charge is 2.17. The molecular weight excluding hydrogens is 244 g/mol. The van der Waals surface area contributed by atoms with E-state index in [0.717, 1.165) is 17.4 Å². The maximum atomic E-state index is 10.7. The summed E-state index contributed by atoms with van der Waals surface area (Å²) in [6, 6.07) is 3.64. The number of carboxylic acids is 1. The Labute approximate surface area is 104 Å². The van der Waals surface area contributed by atoms with Gasteiger partial charge in [0.1, 0.15) is 9.57 Å². The lowest BCUT2D eigenvalue weighted by Crippen LogP contribution is -2.25. The molecule has 0 spiro atoms. The zero-order valence-electron chi connectivity index (χ0n) is 8.95. The first kappa shape index (κ1) is 12.9. The largest absolute Gasteiger partial charge is 0.480 e. The van der Waals surface area contributed by atoms with E-state index in [1.165, 1.54) is 0 Å². The third-order valence-corrected chi connectivity index (χ3v) is 3.54. The number of hydrogen-bond acceptors (Lipinski definition) is 4. The van der Waals surface area contributed by atoms with Crippen LogP contribution in [0.3, 0.4) is 0 Å². The maximum absolute atomic E-state index is 10.7. The molecule has 6 heteroatoms. The van der Waals surface area contributed by atoms with Gasteiger partial charge in [-0.15, -0.1) is 0 Å². The summed E-state index contributed by atoms with van der Waals surface area (Å²) >= 11 is 6.31. The van der Waals surface area contributed by atoms with Crippen LogP contribution in [0.4, 0.5) is 5.69 Å². The molecular formula is C10H12N2O2S2. The molecule has 4 nitrogen and oxygen atoms in total. The van der Waals surface area contributed by atoms with Crippen molar-refractivity contribution in [2.45, 2.75) is 12.2 Å². The molecule has 16 heavy (non-hydrogen) atoms. The normalized spacial score (nSPS) is 11.9. The van der Waals surface area contributed by atoms with Gasteiger partial charge in [-0.3, -0.25) is 9.78 Å². The summed E-state index contributed by atoms with van der Waals surface area (Å²) in [4.78, 5) is 16.4. The number of carbonyl (C=O) groups is 1. The average Bonchev–Trinajstić information content (AvgIpc) is 2.28. The van der Waals surface area contributed by atoms with Crippen molar-refractivity contribution in [2.75, 3.05) is 11.9 Å². The summed E-state index contributed by atoms with van der Waals surface area (Å²) in [7, 11) is 1.80. The molecule has 0 saturated heterocycles. The SMILES string of the molecule is CC(SC(=S)N(C)c1ccncc1)C(=O)O. The van der Waals surface area contributed by atoms with E-state index in [9.17, 15) is 4.79 Å². The fourth-order valence-corrected chi connectivity index (χ4v) is 2.16. The van der Waals surface area contributed by atoms with E-state index in [1.54, 1.807) is 31.3 Å². The van der Waals surface area contributed by atoms with Gasteiger partial charge in [0.2, 0.25) is 0 Å². The monoisotopic (exact) mass is 256 g/mol. The molecule has 1 rings (SSSR count). The van der Waals surface area contributed by atoms with Gasteiger partial charge >= 0.3 is 5.97 Å². The minimum absolute atomic E-state index is 0.529. The molecule has 0 fully saturated rings. The molecule has 0 bridgehead atoms. The van der Waals surface area contributed by atoms with Gasteiger partial charge in [0.05, 0.1) is 0 Å². The molecule has 0 aliphatic carbocycles. The Balaban J connectivity index is 2.65. The van der Waals surface area contributed by atoms with Gasteiger partial charge in [-0.2, -0.15) is 0 Å². The predicted molar refractivity (Wildman–Crippen MR) is 69.9 cm³/mol. The smallest absolute Gasteiger partial charge is 0.316 e. The first-order valence-electron chi connectivity index (χ1n) is 4.59. The van der Waals surface area contributed by atoms with Crippen LogP contribution in [0.25, 0.3) is 0 Å². The van der Waals surface area contributed by atoms with E-state index < -0.39 is 11.2 Å². The maximum Gasteiger partial charge on any atom is 0.316 e. The lowest BCUT2D eigenvalue weighted by molar-refractivity contribution is -0.136. The second kappa shape index (κ2) is 5.81. The van der Waals surface area contributed by atoms with Gasteiger partial charge in [-0.1, -0.05) is 24.0 Å². The number of nitrogens with zero attached hydrogens (tertiary/aromatic N) is 2. The van der Waals surface area contributed by atoms with Crippen LogP contribution < -0.4 is 4.90 Å². The zero-order chi connectivity index (χ0) is 12.1. The number of aliphatic carboxylic acids is 1. The molecule has 0 aromatic carbocycles. The van der Waals surface area contributed by atoms with E-state index in [-0.39, 0.29) is 0 Å². The number of thiocarbonyl (C=S) groups is 1. The van der Waals surface area contributed by atoms with Crippen molar-refractivity contribution >= 4 is 40.0 Å². The Kier molecular flexibility index (Phi) is 4.70. The first-order valence-corrected chi connectivity index (χ1v) is 5.88. The van der Waals surface area contributed by atoms with Crippen molar-refractivity contribution in [1.29, 1.82) is 0 Å². The van der Waals surface area contributed by atoms with Crippen LogP contribution in [0.15, 0.2) is 24.5 Å². The quantitative estimate of drug-likeness (QED) is 0.835. The van der Waals surface area contributed by atoms with Gasteiger partial charge in [-0.05, 0) is 19.1 Å². The van der Waals surface area contributed by atoms with Crippen LogP contribution in [-0.4, -0.2) is 32.7 Å². The van der Waals surface area contributed by atoms with Crippen molar-refractivity contribution in [3.63, 3.8) is 0 Å². The molecule has 0 aliphatic heterocycles. The summed E-state index contributed by atoms with van der Waals surface area (Å²) < 4.78 is 0.529. The first-order chi connectivity index (χ1) is 7.52. The van der Waals surface area contributed by atoms with Crippen molar-refractivity contribution in [3.8, 4) is 0 Å². The minimum Gasteiger partial charge on any atom is -0.480 e. The Morgan fingerprint density at radius 2 is 2.12 bits per heavy atom. The topological polar surface area (TPSA) is 53.4 Å². The van der Waals surface area contributed by atoms with Crippen LogP contribution in [-0.2, 0) is 4.79 Å². The predicted octanol–water partition coefficient (Wildman–Crippen LogP) is 2.01. The average molecular weight is 256 g/mol. The van der Waals surface area contributed by atoms with E-state index >= 15 is 0 Å². The molecule has 1 unspecified atom stereocenters. The van der Waals surface area contributed by atoms with E-state index in [2.05, 4.69) is 4.98 Å². The Hall–Kier alpha value is -1.14. The summed E-state index contributed by atoms with van der Waals surface area (Å²) in [5, 5.41) is 8.23. The van der Waals surface area contributed by atoms with Gasteiger partial charge in [0, 0.05) is 25.1 Å². The number of pyridine rings is 1. The zero-order valence-corrected chi connectivity index (χ0v) is 10.6. The lowest BCUT2D eigenvalue weighted by atomic mass is 10.4. The van der Waals surface area contributed by atoms with Gasteiger partial charge < -0.3 is 10.0 Å². The molecule has 1 heterocycles. The molecule has 86 valence electrons. The molecule has 0 saturated carbocycles. The highest BCUT2D eigenvalue weighted by Crippen LogP contribution is 2.20. The van der Waals surface area contributed by atoms with Crippen LogP contribution in [0.2, 0.25) is 0 Å². The summed E-state index contributed by atoms with van der Waals surface area (Å²) in [5.74, 6) is -0.865. The fraction of sp³-hybridized carbons (Fsp3) is 0.300. The van der Waals surface area contributed by atoms with Gasteiger partial charge in [0.25, 0.3) is 0 Å². The highest BCUT2D eigenvalue weighted by atomic mass is 32.2. The molecule has 1 atom stereocenters. The number of rotatable bonds is 3. The third kappa shape index (κ3) is 3.46. The molecule has 0 aliphatic rings. The molecule has 1 N–H and O–H groups in total. The summed E-state index contributed by atoms with van der Waals surface area (Å²) in [6.07, 6.45) is 3.33. The van der Waals surface area contributed by atoms with Crippen molar-refractivity contribution < 1.29 is 9.90 Å². The summed E-state index contributed by atoms with van der Waals surface area (Å²) in [5.41, 5.74) is 0.894. The van der Waals surface area contributed by atoms with Gasteiger partial charge in [-0.25, -0.2) is 0 Å². The Morgan fingerprint density at radius 3 is 2.62 bits per heavy atom.